The first-order valence-corrected chi connectivity index (χ1v) is 5.53. The predicted molar refractivity (Wildman–Crippen MR) is 60.7 cm³/mol. The molecule has 1 aromatic rings. The number of nitrogens with zero attached hydrogens (tertiary/aromatic N) is 1. The van der Waals surface area contributed by atoms with Gasteiger partial charge in [-0.15, -0.1) is 0 Å². The minimum Gasteiger partial charge on any atom is -0.477 e. The highest BCUT2D eigenvalue weighted by Gasteiger charge is 2.08. The van der Waals surface area contributed by atoms with Gasteiger partial charge in [-0.05, 0) is 18.9 Å². The van der Waals surface area contributed by atoms with Crippen LogP contribution in [0.4, 0.5) is 0 Å². The average Bonchev–Trinajstić information content (AvgIpc) is 2.34. The predicted octanol–water partition coefficient (Wildman–Crippen LogP) is 3.46. The lowest BCUT2D eigenvalue weighted by Gasteiger charge is -2.14. The Morgan fingerprint density at radius 3 is 2.57 bits per heavy atom. The van der Waals surface area contributed by atoms with E-state index in [9.17, 15) is 0 Å². The lowest BCUT2D eigenvalue weighted by Crippen LogP contribution is -2.09. The smallest absolute Gasteiger partial charge is 0.216 e. The highest BCUT2D eigenvalue weighted by Crippen LogP contribution is 2.19. The molecule has 0 aliphatic carbocycles. The van der Waals surface area contributed by atoms with E-state index in [1.165, 1.54) is 5.56 Å². The maximum absolute atomic E-state index is 5.31. The van der Waals surface area contributed by atoms with E-state index in [-0.39, 0.29) is 0 Å². The number of pyridine rings is 1. The Balaban J connectivity index is 0.000000379. The number of fused-ring (bicyclic) bond motifs is 1. The van der Waals surface area contributed by atoms with Gasteiger partial charge >= 0.3 is 0 Å². The molecule has 0 N–H and O–H groups in total. The van der Waals surface area contributed by atoms with Crippen LogP contribution in [0.5, 0.6) is 5.88 Å². The summed E-state index contributed by atoms with van der Waals surface area (Å²) in [6, 6.07) is 4.02. The number of aromatic nitrogens is 1. The van der Waals surface area contributed by atoms with Crippen LogP contribution in [0.25, 0.3) is 0 Å². The Kier molecular flexibility index (Phi) is 7.90. The van der Waals surface area contributed by atoms with Crippen molar-refractivity contribution in [3.8, 4) is 5.88 Å². The molecule has 0 amide bonds. The molecule has 0 bridgehead atoms. The minimum atomic E-state index is 0.823. The third-order valence-corrected chi connectivity index (χ3v) is 1.68. The van der Waals surface area contributed by atoms with Gasteiger partial charge in [-0.1, -0.05) is 33.8 Å². The Hall–Kier alpha value is -1.05. The Morgan fingerprint density at radius 2 is 1.93 bits per heavy atom. The molecule has 0 radical (unpaired) electrons. The van der Waals surface area contributed by atoms with E-state index in [2.05, 4.69) is 11.1 Å². The molecule has 2 heterocycles. The van der Waals surface area contributed by atoms with Crippen molar-refractivity contribution in [3.05, 3.63) is 23.9 Å². The van der Waals surface area contributed by atoms with E-state index in [0.717, 1.165) is 25.3 Å². The van der Waals surface area contributed by atoms with Crippen LogP contribution >= 0.6 is 0 Å². The van der Waals surface area contributed by atoms with Crippen molar-refractivity contribution in [1.29, 1.82) is 0 Å². The standard InChI is InChI=1S/C8H9NO.2C2H6/c1-3-7-4-2-6-10-8(7)9-5-1;2*1-2/h1,3,5H,2,4,6H2;2*1-2H3. The maximum atomic E-state index is 5.31. The van der Waals surface area contributed by atoms with Crippen LogP contribution in [0.2, 0.25) is 0 Å². The first-order valence-electron chi connectivity index (χ1n) is 5.53. The molecule has 0 fully saturated rings. The van der Waals surface area contributed by atoms with Crippen molar-refractivity contribution < 1.29 is 4.74 Å². The van der Waals surface area contributed by atoms with E-state index >= 15 is 0 Å². The van der Waals surface area contributed by atoms with Crippen LogP contribution in [0, 0.1) is 0 Å². The van der Waals surface area contributed by atoms with Crippen LogP contribution in [-0.2, 0) is 6.42 Å². The molecule has 0 spiro atoms. The molecule has 0 aromatic carbocycles. The Morgan fingerprint density at radius 1 is 1.21 bits per heavy atom. The van der Waals surface area contributed by atoms with Crippen LogP contribution in [0.3, 0.4) is 0 Å². The molecule has 2 rings (SSSR count). The lowest BCUT2D eigenvalue weighted by molar-refractivity contribution is 0.276. The summed E-state index contributed by atoms with van der Waals surface area (Å²) in [6.45, 7) is 8.82. The number of hydrogen-bond acceptors (Lipinski definition) is 2. The van der Waals surface area contributed by atoms with Gasteiger partial charge in [-0.25, -0.2) is 4.98 Å². The van der Waals surface area contributed by atoms with Crippen molar-refractivity contribution in [2.45, 2.75) is 40.5 Å². The van der Waals surface area contributed by atoms with Crippen LogP contribution in [0.15, 0.2) is 18.3 Å². The summed E-state index contributed by atoms with van der Waals surface area (Å²) >= 11 is 0. The number of hydrogen-bond donors (Lipinski definition) is 0. The number of rotatable bonds is 0. The molecule has 2 nitrogen and oxygen atoms in total. The first-order chi connectivity index (χ1) is 6.97. The van der Waals surface area contributed by atoms with Gasteiger partial charge in [-0.3, -0.25) is 0 Å². The van der Waals surface area contributed by atoms with Gasteiger partial charge < -0.3 is 4.74 Å². The van der Waals surface area contributed by atoms with Crippen molar-refractivity contribution in [2.75, 3.05) is 6.61 Å². The number of ether oxygens (including phenoxy) is 1. The zero-order valence-corrected chi connectivity index (χ0v) is 9.71. The molecular formula is C12H21NO. The first kappa shape index (κ1) is 12.9. The summed E-state index contributed by atoms with van der Waals surface area (Å²) in [4.78, 5) is 4.10. The SMILES string of the molecule is CC.CC.c1cnc2c(c1)CCCO2. The molecule has 0 saturated heterocycles. The highest BCUT2D eigenvalue weighted by molar-refractivity contribution is 5.26. The molecule has 0 atom stereocenters. The maximum Gasteiger partial charge on any atom is 0.216 e. The quantitative estimate of drug-likeness (QED) is 0.632. The summed E-state index contributed by atoms with van der Waals surface area (Å²) in [7, 11) is 0. The third kappa shape index (κ3) is 3.77. The summed E-state index contributed by atoms with van der Waals surface area (Å²) in [6.07, 6.45) is 4.01. The second-order valence-electron chi connectivity index (χ2n) is 2.42. The summed E-state index contributed by atoms with van der Waals surface area (Å²) in [5.41, 5.74) is 1.24. The third-order valence-electron chi connectivity index (χ3n) is 1.68. The van der Waals surface area contributed by atoms with Crippen LogP contribution < -0.4 is 4.74 Å². The zero-order chi connectivity index (χ0) is 10.8. The van der Waals surface area contributed by atoms with E-state index in [1.54, 1.807) is 6.20 Å². The van der Waals surface area contributed by atoms with Gasteiger partial charge in [0.1, 0.15) is 0 Å². The molecule has 1 aliphatic rings. The van der Waals surface area contributed by atoms with Crippen molar-refractivity contribution in [3.63, 3.8) is 0 Å². The molecule has 80 valence electrons. The lowest BCUT2D eigenvalue weighted by atomic mass is 10.1. The second-order valence-corrected chi connectivity index (χ2v) is 2.42. The van der Waals surface area contributed by atoms with E-state index in [0.29, 0.717) is 0 Å². The largest absolute Gasteiger partial charge is 0.477 e. The van der Waals surface area contributed by atoms with Crippen molar-refractivity contribution >= 4 is 0 Å². The Bertz CT molecular complexity index is 211. The zero-order valence-electron chi connectivity index (χ0n) is 9.71. The molecule has 2 heteroatoms. The number of aryl methyl sites for hydroxylation is 1. The molecular weight excluding hydrogens is 174 g/mol. The van der Waals surface area contributed by atoms with Gasteiger partial charge in [0.25, 0.3) is 0 Å². The summed E-state index contributed by atoms with van der Waals surface area (Å²) < 4.78 is 5.31. The highest BCUT2D eigenvalue weighted by atomic mass is 16.5. The molecule has 0 unspecified atom stereocenters. The second kappa shape index (κ2) is 8.54. The van der Waals surface area contributed by atoms with Crippen LogP contribution in [0.1, 0.15) is 39.7 Å². The fourth-order valence-corrected chi connectivity index (χ4v) is 1.18. The topological polar surface area (TPSA) is 22.1 Å². The van der Waals surface area contributed by atoms with E-state index in [1.807, 2.05) is 33.8 Å². The average molecular weight is 195 g/mol. The Labute approximate surface area is 87.3 Å². The normalized spacial score (nSPS) is 12.0. The van der Waals surface area contributed by atoms with E-state index < -0.39 is 0 Å². The van der Waals surface area contributed by atoms with Crippen LogP contribution in [-0.4, -0.2) is 11.6 Å². The van der Waals surface area contributed by atoms with Gasteiger partial charge in [0, 0.05) is 11.8 Å². The molecule has 1 aliphatic heterocycles. The summed E-state index contributed by atoms with van der Waals surface area (Å²) in [5, 5.41) is 0. The summed E-state index contributed by atoms with van der Waals surface area (Å²) in [5.74, 6) is 0.828. The molecule has 0 saturated carbocycles. The minimum absolute atomic E-state index is 0.823. The monoisotopic (exact) mass is 195 g/mol. The van der Waals surface area contributed by atoms with E-state index in [4.69, 9.17) is 4.74 Å². The van der Waals surface area contributed by atoms with Gasteiger partial charge in [0.2, 0.25) is 5.88 Å². The van der Waals surface area contributed by atoms with Crippen molar-refractivity contribution in [2.24, 2.45) is 0 Å². The molecule has 14 heavy (non-hydrogen) atoms. The molecule has 1 aromatic heterocycles. The van der Waals surface area contributed by atoms with Gasteiger partial charge in [0.05, 0.1) is 6.61 Å². The van der Waals surface area contributed by atoms with Gasteiger partial charge in [0.15, 0.2) is 0 Å². The fraction of sp³-hybridized carbons (Fsp3) is 0.583. The fourth-order valence-electron chi connectivity index (χ4n) is 1.18. The van der Waals surface area contributed by atoms with Gasteiger partial charge in [-0.2, -0.15) is 0 Å². The van der Waals surface area contributed by atoms with Crippen molar-refractivity contribution in [1.82, 2.24) is 4.98 Å².